The molecule has 1 aliphatic carbocycles. The first-order valence-electron chi connectivity index (χ1n) is 9.18. The van der Waals surface area contributed by atoms with E-state index < -0.39 is 0 Å². The van der Waals surface area contributed by atoms with Crippen molar-refractivity contribution in [3.63, 3.8) is 0 Å². The molecule has 2 fully saturated rings. The standard InChI is InChI=1S/C18H34N4OS.HI/c1-14(2)15-12-22(10-11-24-15)17(19-3)20-13-18(8-6-7-9-18)16(23)21(4)5;/h14-15H,6-13H2,1-5H3,(H,19,20);1H. The van der Waals surface area contributed by atoms with E-state index in [1.807, 2.05) is 21.1 Å². The van der Waals surface area contributed by atoms with Gasteiger partial charge in [0, 0.05) is 51.8 Å². The third-order valence-electron chi connectivity index (χ3n) is 5.35. The predicted octanol–water partition coefficient (Wildman–Crippen LogP) is 2.90. The van der Waals surface area contributed by atoms with Crippen molar-refractivity contribution in [3.8, 4) is 0 Å². The van der Waals surface area contributed by atoms with E-state index in [-0.39, 0.29) is 35.3 Å². The first kappa shape index (κ1) is 22.9. The fourth-order valence-corrected chi connectivity index (χ4v) is 5.14. The van der Waals surface area contributed by atoms with E-state index in [1.54, 1.807) is 4.90 Å². The highest BCUT2D eigenvalue weighted by Crippen LogP contribution is 2.39. The summed E-state index contributed by atoms with van der Waals surface area (Å²) in [5.41, 5.74) is -0.249. The second-order valence-electron chi connectivity index (χ2n) is 7.69. The van der Waals surface area contributed by atoms with Gasteiger partial charge in [-0.2, -0.15) is 11.8 Å². The minimum Gasteiger partial charge on any atom is -0.355 e. The van der Waals surface area contributed by atoms with Crippen molar-refractivity contribution < 1.29 is 4.79 Å². The van der Waals surface area contributed by atoms with E-state index in [9.17, 15) is 4.79 Å². The third-order valence-corrected chi connectivity index (χ3v) is 6.89. The van der Waals surface area contributed by atoms with Crippen LogP contribution in [0.1, 0.15) is 39.5 Å². The van der Waals surface area contributed by atoms with Crippen LogP contribution in [0.3, 0.4) is 0 Å². The van der Waals surface area contributed by atoms with Crippen molar-refractivity contribution in [3.05, 3.63) is 0 Å². The fraction of sp³-hybridized carbons (Fsp3) is 0.889. The number of carbonyl (C=O) groups is 1. The molecule has 0 radical (unpaired) electrons. The fourth-order valence-electron chi connectivity index (χ4n) is 3.84. The van der Waals surface area contributed by atoms with Gasteiger partial charge in [-0.15, -0.1) is 24.0 Å². The number of halogens is 1. The summed E-state index contributed by atoms with van der Waals surface area (Å²) in [7, 11) is 5.59. The summed E-state index contributed by atoms with van der Waals surface area (Å²) in [5, 5.41) is 4.19. The van der Waals surface area contributed by atoms with Gasteiger partial charge >= 0.3 is 0 Å². The van der Waals surface area contributed by atoms with Crippen molar-refractivity contribution >= 4 is 47.6 Å². The number of amides is 1. The molecule has 0 aromatic heterocycles. The lowest BCUT2D eigenvalue weighted by Gasteiger charge is -2.38. The molecule has 7 heteroatoms. The normalized spacial score (nSPS) is 23.4. The van der Waals surface area contributed by atoms with Gasteiger partial charge in [-0.05, 0) is 18.8 Å². The van der Waals surface area contributed by atoms with E-state index in [4.69, 9.17) is 0 Å². The summed E-state index contributed by atoms with van der Waals surface area (Å²) in [5.74, 6) is 3.04. The molecule has 1 saturated heterocycles. The minimum absolute atomic E-state index is 0. The Morgan fingerprint density at radius 3 is 2.52 bits per heavy atom. The summed E-state index contributed by atoms with van der Waals surface area (Å²) in [6.07, 6.45) is 4.27. The van der Waals surface area contributed by atoms with Gasteiger partial charge in [0.15, 0.2) is 5.96 Å². The lowest BCUT2D eigenvalue weighted by atomic mass is 9.84. The number of guanidine groups is 1. The van der Waals surface area contributed by atoms with Crippen LogP contribution >= 0.6 is 35.7 Å². The van der Waals surface area contributed by atoms with Gasteiger partial charge in [0.2, 0.25) is 5.91 Å². The maximum Gasteiger partial charge on any atom is 0.230 e. The summed E-state index contributed by atoms with van der Waals surface area (Å²) in [4.78, 5) is 21.3. The van der Waals surface area contributed by atoms with Gasteiger partial charge in [0.1, 0.15) is 0 Å². The molecule has 1 aliphatic heterocycles. The molecule has 1 amide bonds. The van der Waals surface area contributed by atoms with Crippen LogP contribution in [-0.4, -0.2) is 73.4 Å². The smallest absolute Gasteiger partial charge is 0.230 e. The van der Waals surface area contributed by atoms with Gasteiger partial charge in [-0.3, -0.25) is 9.79 Å². The van der Waals surface area contributed by atoms with Gasteiger partial charge in [0.25, 0.3) is 0 Å². The number of aliphatic imine (C=N–C) groups is 1. The highest BCUT2D eigenvalue weighted by atomic mass is 127. The number of nitrogens with one attached hydrogen (secondary N) is 1. The molecule has 0 aromatic rings. The SMILES string of the molecule is CN=C(NCC1(C(=O)N(C)C)CCCC1)N1CCSC(C(C)C)C1.I. The van der Waals surface area contributed by atoms with Crippen molar-refractivity contribution in [2.45, 2.75) is 44.8 Å². The Balaban J connectivity index is 0.00000312. The van der Waals surface area contributed by atoms with Crippen LogP contribution in [0, 0.1) is 11.3 Å². The Morgan fingerprint density at radius 2 is 2.00 bits per heavy atom. The highest BCUT2D eigenvalue weighted by molar-refractivity contribution is 14.0. The van der Waals surface area contributed by atoms with Crippen LogP contribution in [0.25, 0.3) is 0 Å². The number of hydrogen-bond donors (Lipinski definition) is 1. The van der Waals surface area contributed by atoms with Crippen LogP contribution in [0.2, 0.25) is 0 Å². The first-order valence-corrected chi connectivity index (χ1v) is 10.2. The Bertz CT molecular complexity index is 464. The molecule has 2 aliphatic rings. The topological polar surface area (TPSA) is 47.9 Å². The van der Waals surface area contributed by atoms with Crippen LogP contribution in [0.4, 0.5) is 0 Å². The molecule has 0 spiro atoms. The molecule has 1 unspecified atom stereocenters. The second kappa shape index (κ2) is 10.2. The van der Waals surface area contributed by atoms with Gasteiger partial charge in [-0.1, -0.05) is 26.7 Å². The quantitative estimate of drug-likeness (QED) is 0.381. The molecule has 146 valence electrons. The molecule has 1 atom stereocenters. The molecule has 2 rings (SSSR count). The average Bonchev–Trinajstić information content (AvgIpc) is 3.05. The Kier molecular flexibility index (Phi) is 9.36. The predicted molar refractivity (Wildman–Crippen MR) is 119 cm³/mol. The summed E-state index contributed by atoms with van der Waals surface area (Å²) in [6, 6.07) is 0. The molecular formula is C18H35IN4OS. The van der Waals surface area contributed by atoms with E-state index >= 15 is 0 Å². The summed E-state index contributed by atoms with van der Waals surface area (Å²) >= 11 is 2.07. The zero-order chi connectivity index (χ0) is 17.7. The van der Waals surface area contributed by atoms with E-state index in [1.165, 1.54) is 0 Å². The van der Waals surface area contributed by atoms with Gasteiger partial charge in [-0.25, -0.2) is 0 Å². The summed E-state index contributed by atoms with van der Waals surface area (Å²) in [6.45, 7) is 7.35. The van der Waals surface area contributed by atoms with Gasteiger partial charge in [0.05, 0.1) is 5.41 Å². The Labute approximate surface area is 174 Å². The zero-order valence-electron chi connectivity index (χ0n) is 16.4. The molecular weight excluding hydrogens is 447 g/mol. The van der Waals surface area contributed by atoms with E-state index in [0.29, 0.717) is 17.7 Å². The Morgan fingerprint density at radius 1 is 1.36 bits per heavy atom. The average molecular weight is 482 g/mol. The molecule has 25 heavy (non-hydrogen) atoms. The number of hydrogen-bond acceptors (Lipinski definition) is 3. The first-order chi connectivity index (χ1) is 11.4. The Hall–Kier alpha value is -0.180. The molecule has 1 N–H and O–H groups in total. The van der Waals surface area contributed by atoms with Crippen molar-refractivity contribution in [2.75, 3.05) is 46.5 Å². The number of rotatable bonds is 4. The number of carbonyl (C=O) groups excluding carboxylic acids is 1. The third kappa shape index (κ3) is 5.65. The zero-order valence-corrected chi connectivity index (χ0v) is 19.5. The summed E-state index contributed by atoms with van der Waals surface area (Å²) < 4.78 is 0. The highest BCUT2D eigenvalue weighted by Gasteiger charge is 2.42. The monoisotopic (exact) mass is 482 g/mol. The molecule has 1 heterocycles. The molecule has 5 nitrogen and oxygen atoms in total. The maximum atomic E-state index is 12.7. The van der Waals surface area contributed by atoms with Crippen LogP contribution < -0.4 is 5.32 Å². The van der Waals surface area contributed by atoms with Crippen molar-refractivity contribution in [2.24, 2.45) is 16.3 Å². The second-order valence-corrected chi connectivity index (χ2v) is 9.03. The van der Waals surface area contributed by atoms with E-state index in [2.05, 4.69) is 40.8 Å². The number of nitrogens with zero attached hydrogens (tertiary/aromatic N) is 3. The molecule has 0 aromatic carbocycles. The van der Waals surface area contributed by atoms with Crippen molar-refractivity contribution in [1.82, 2.24) is 15.1 Å². The van der Waals surface area contributed by atoms with Crippen LogP contribution in [0.5, 0.6) is 0 Å². The largest absolute Gasteiger partial charge is 0.355 e. The molecule has 0 bridgehead atoms. The van der Waals surface area contributed by atoms with Crippen molar-refractivity contribution in [1.29, 1.82) is 0 Å². The van der Waals surface area contributed by atoms with E-state index in [0.717, 1.165) is 50.5 Å². The van der Waals surface area contributed by atoms with Crippen LogP contribution in [-0.2, 0) is 4.79 Å². The number of thioether (sulfide) groups is 1. The minimum atomic E-state index is -0.249. The van der Waals surface area contributed by atoms with Gasteiger partial charge < -0.3 is 15.1 Å². The lowest BCUT2D eigenvalue weighted by Crippen LogP contribution is -2.53. The molecule has 1 saturated carbocycles. The maximum absolute atomic E-state index is 12.7. The van der Waals surface area contributed by atoms with Crippen LogP contribution in [0.15, 0.2) is 4.99 Å². The lowest BCUT2D eigenvalue weighted by molar-refractivity contribution is -0.138.